The fraction of sp³-hybridized carbons (Fsp3) is 1.00. The van der Waals surface area contributed by atoms with Crippen molar-refractivity contribution >= 4 is 0 Å². The van der Waals surface area contributed by atoms with Crippen molar-refractivity contribution in [1.29, 1.82) is 0 Å². The van der Waals surface area contributed by atoms with Crippen LogP contribution in [0, 0.1) is 11.8 Å². The van der Waals surface area contributed by atoms with Gasteiger partial charge in [0.2, 0.25) is 0 Å². The molecule has 2 aliphatic rings. The summed E-state index contributed by atoms with van der Waals surface area (Å²) in [5.41, 5.74) is 0. The lowest BCUT2D eigenvalue weighted by atomic mass is 9.80. The lowest BCUT2D eigenvalue weighted by Crippen LogP contribution is -2.48. The molecule has 2 aliphatic carbocycles. The zero-order chi connectivity index (χ0) is 13.0. The van der Waals surface area contributed by atoms with Crippen LogP contribution in [0.2, 0.25) is 0 Å². The van der Waals surface area contributed by atoms with E-state index >= 15 is 0 Å². The molecule has 0 radical (unpaired) electrons. The molecule has 1 N–H and O–H groups in total. The normalized spacial score (nSPS) is 33.0. The Bertz CT molecular complexity index is 239. The zero-order valence-electron chi connectivity index (χ0n) is 12.3. The van der Waals surface area contributed by atoms with Gasteiger partial charge in [-0.2, -0.15) is 0 Å². The average Bonchev–Trinajstić information content (AvgIpc) is 3.15. The van der Waals surface area contributed by atoms with E-state index in [1.165, 1.54) is 58.0 Å². The fourth-order valence-corrected chi connectivity index (χ4v) is 3.59. The maximum Gasteiger partial charge on any atom is 0.0695 e. The van der Waals surface area contributed by atoms with E-state index in [-0.39, 0.29) is 6.10 Å². The molecule has 0 saturated heterocycles. The van der Waals surface area contributed by atoms with E-state index in [0.717, 1.165) is 18.3 Å². The number of hydrogen-bond acceptors (Lipinski definition) is 2. The van der Waals surface area contributed by atoms with Gasteiger partial charge >= 0.3 is 0 Å². The molecule has 3 atom stereocenters. The van der Waals surface area contributed by atoms with Crippen molar-refractivity contribution < 1.29 is 5.11 Å². The highest BCUT2D eigenvalue weighted by atomic mass is 16.3. The Hall–Kier alpha value is -0.0800. The minimum absolute atomic E-state index is 0.0663. The van der Waals surface area contributed by atoms with Crippen molar-refractivity contribution in [3.63, 3.8) is 0 Å². The zero-order valence-corrected chi connectivity index (χ0v) is 12.3. The van der Waals surface area contributed by atoms with Gasteiger partial charge in [0, 0.05) is 12.6 Å². The minimum atomic E-state index is -0.0663. The highest BCUT2D eigenvalue weighted by Gasteiger charge is 2.35. The SMILES string of the molecule is CCCC1CCC(O)C(N(CCC)CC2CC2)C1. The second-order valence-electron chi connectivity index (χ2n) is 6.54. The molecule has 106 valence electrons. The summed E-state index contributed by atoms with van der Waals surface area (Å²) in [6, 6.07) is 0.454. The van der Waals surface area contributed by atoms with Gasteiger partial charge in [0.05, 0.1) is 6.10 Å². The summed E-state index contributed by atoms with van der Waals surface area (Å²) in [4.78, 5) is 2.62. The fourth-order valence-electron chi connectivity index (χ4n) is 3.59. The molecule has 2 heteroatoms. The molecule has 0 aromatic rings. The molecule has 0 bridgehead atoms. The second-order valence-corrected chi connectivity index (χ2v) is 6.54. The molecule has 2 nitrogen and oxygen atoms in total. The van der Waals surface area contributed by atoms with Gasteiger partial charge in [-0.1, -0.05) is 26.7 Å². The van der Waals surface area contributed by atoms with Crippen molar-refractivity contribution in [2.24, 2.45) is 11.8 Å². The summed E-state index contributed by atoms with van der Waals surface area (Å²) in [7, 11) is 0. The van der Waals surface area contributed by atoms with Crippen LogP contribution in [0.25, 0.3) is 0 Å². The summed E-state index contributed by atoms with van der Waals surface area (Å²) in [5, 5.41) is 10.3. The molecule has 0 aliphatic heterocycles. The first-order valence-electron chi connectivity index (χ1n) is 8.16. The lowest BCUT2D eigenvalue weighted by molar-refractivity contribution is -0.000476. The summed E-state index contributed by atoms with van der Waals surface area (Å²) in [6.45, 7) is 6.97. The molecule has 0 aromatic heterocycles. The van der Waals surface area contributed by atoms with Crippen LogP contribution in [0.4, 0.5) is 0 Å². The largest absolute Gasteiger partial charge is 0.391 e. The summed E-state index contributed by atoms with van der Waals surface area (Å²) >= 11 is 0. The van der Waals surface area contributed by atoms with E-state index in [9.17, 15) is 5.11 Å². The molecular formula is C16H31NO. The van der Waals surface area contributed by atoms with Gasteiger partial charge in [-0.05, 0) is 56.9 Å². The van der Waals surface area contributed by atoms with E-state index in [0.29, 0.717) is 6.04 Å². The number of aliphatic hydroxyl groups excluding tert-OH is 1. The van der Waals surface area contributed by atoms with Crippen LogP contribution >= 0.6 is 0 Å². The molecule has 3 unspecified atom stereocenters. The molecular weight excluding hydrogens is 222 g/mol. The van der Waals surface area contributed by atoms with Gasteiger partial charge in [0.1, 0.15) is 0 Å². The van der Waals surface area contributed by atoms with Crippen LogP contribution in [0.15, 0.2) is 0 Å². The van der Waals surface area contributed by atoms with Crippen molar-refractivity contribution in [3.05, 3.63) is 0 Å². The topological polar surface area (TPSA) is 23.5 Å². The molecule has 2 rings (SSSR count). The van der Waals surface area contributed by atoms with E-state index in [1.54, 1.807) is 0 Å². The van der Waals surface area contributed by atoms with Gasteiger partial charge in [-0.3, -0.25) is 4.90 Å². The number of nitrogens with zero attached hydrogens (tertiary/aromatic N) is 1. The lowest BCUT2D eigenvalue weighted by Gasteiger charge is -2.41. The highest BCUT2D eigenvalue weighted by molar-refractivity contribution is 4.89. The number of aliphatic hydroxyl groups is 1. The summed E-state index contributed by atoms with van der Waals surface area (Å²) < 4.78 is 0. The van der Waals surface area contributed by atoms with Gasteiger partial charge in [0.15, 0.2) is 0 Å². The molecule has 0 spiro atoms. The molecule has 0 amide bonds. The van der Waals surface area contributed by atoms with E-state index in [1.807, 2.05) is 0 Å². The Balaban J connectivity index is 1.91. The van der Waals surface area contributed by atoms with Gasteiger partial charge in [-0.15, -0.1) is 0 Å². The standard InChI is InChI=1S/C16H31NO/c1-3-5-13-8-9-16(18)15(11-13)17(10-4-2)12-14-6-7-14/h13-16,18H,3-12H2,1-2H3. The van der Waals surface area contributed by atoms with Gasteiger partial charge < -0.3 is 5.11 Å². The Kier molecular flexibility index (Phi) is 5.50. The first-order valence-corrected chi connectivity index (χ1v) is 8.16. The quantitative estimate of drug-likeness (QED) is 0.751. The van der Waals surface area contributed by atoms with Crippen LogP contribution in [0.3, 0.4) is 0 Å². The van der Waals surface area contributed by atoms with Crippen LogP contribution < -0.4 is 0 Å². The molecule has 0 heterocycles. The maximum absolute atomic E-state index is 10.3. The third kappa shape index (κ3) is 3.96. The van der Waals surface area contributed by atoms with E-state index in [4.69, 9.17) is 0 Å². The van der Waals surface area contributed by atoms with Crippen molar-refractivity contribution in [3.8, 4) is 0 Å². The first kappa shape index (κ1) is 14.3. The van der Waals surface area contributed by atoms with Crippen molar-refractivity contribution in [2.45, 2.75) is 77.4 Å². The van der Waals surface area contributed by atoms with Crippen LogP contribution in [-0.2, 0) is 0 Å². The monoisotopic (exact) mass is 253 g/mol. The van der Waals surface area contributed by atoms with Crippen molar-refractivity contribution in [1.82, 2.24) is 4.90 Å². The van der Waals surface area contributed by atoms with Crippen LogP contribution in [-0.4, -0.2) is 35.2 Å². The van der Waals surface area contributed by atoms with Gasteiger partial charge in [-0.25, -0.2) is 0 Å². The second kappa shape index (κ2) is 6.91. The highest BCUT2D eigenvalue weighted by Crippen LogP contribution is 2.35. The Morgan fingerprint density at radius 1 is 1.00 bits per heavy atom. The van der Waals surface area contributed by atoms with Crippen LogP contribution in [0.5, 0.6) is 0 Å². The predicted octanol–water partition coefficient (Wildman–Crippen LogP) is 3.44. The van der Waals surface area contributed by atoms with Crippen molar-refractivity contribution in [2.75, 3.05) is 13.1 Å². The molecule has 0 aromatic carbocycles. The maximum atomic E-state index is 10.3. The minimum Gasteiger partial charge on any atom is -0.391 e. The Morgan fingerprint density at radius 2 is 1.72 bits per heavy atom. The predicted molar refractivity (Wildman–Crippen MR) is 76.6 cm³/mol. The van der Waals surface area contributed by atoms with E-state index < -0.39 is 0 Å². The number of rotatable bonds is 7. The van der Waals surface area contributed by atoms with Crippen LogP contribution in [0.1, 0.15) is 65.2 Å². The molecule has 2 fully saturated rings. The molecule has 18 heavy (non-hydrogen) atoms. The summed E-state index contributed by atoms with van der Waals surface area (Å²) in [6.07, 6.45) is 10.1. The number of hydrogen-bond donors (Lipinski definition) is 1. The Labute approximate surface area is 113 Å². The van der Waals surface area contributed by atoms with Gasteiger partial charge in [0.25, 0.3) is 0 Å². The molecule has 2 saturated carbocycles. The average molecular weight is 253 g/mol. The van der Waals surface area contributed by atoms with E-state index in [2.05, 4.69) is 18.7 Å². The smallest absolute Gasteiger partial charge is 0.0695 e. The third-order valence-electron chi connectivity index (χ3n) is 4.76. The first-order chi connectivity index (χ1) is 8.74. The summed E-state index contributed by atoms with van der Waals surface area (Å²) in [5.74, 6) is 1.80. The third-order valence-corrected chi connectivity index (χ3v) is 4.76. The Morgan fingerprint density at radius 3 is 2.33 bits per heavy atom.